The van der Waals surface area contributed by atoms with Crippen LogP contribution < -0.4 is 15.4 Å². The maximum atomic E-state index is 12.3. The number of anilines is 3. The van der Waals surface area contributed by atoms with Gasteiger partial charge < -0.3 is 20.1 Å². The van der Waals surface area contributed by atoms with Gasteiger partial charge in [0.05, 0.1) is 31.0 Å². The fourth-order valence-corrected chi connectivity index (χ4v) is 2.39. The second kappa shape index (κ2) is 8.63. The van der Waals surface area contributed by atoms with E-state index in [9.17, 15) is 9.59 Å². The van der Waals surface area contributed by atoms with Gasteiger partial charge in [0.25, 0.3) is 5.91 Å². The molecule has 0 saturated heterocycles. The number of benzene rings is 2. The molecule has 1 aromatic heterocycles. The number of hydrogen-bond acceptors (Lipinski definition) is 7. The molecule has 2 N–H and O–H groups in total. The summed E-state index contributed by atoms with van der Waals surface area (Å²) in [6.45, 7) is 0. The van der Waals surface area contributed by atoms with E-state index in [4.69, 9.17) is 4.74 Å². The van der Waals surface area contributed by atoms with Crippen LogP contribution in [0.15, 0.2) is 60.9 Å². The maximum absolute atomic E-state index is 12.3. The molecule has 0 saturated carbocycles. The second-order valence-corrected chi connectivity index (χ2v) is 5.64. The molecule has 1 heterocycles. The van der Waals surface area contributed by atoms with E-state index >= 15 is 0 Å². The van der Waals surface area contributed by atoms with Crippen LogP contribution in [0.25, 0.3) is 0 Å². The smallest absolute Gasteiger partial charge is 0.337 e. The number of nitrogens with zero attached hydrogens (tertiary/aromatic N) is 2. The first-order chi connectivity index (χ1) is 13.6. The number of aromatic nitrogens is 2. The molecule has 142 valence electrons. The summed E-state index contributed by atoms with van der Waals surface area (Å²) < 4.78 is 9.90. The minimum absolute atomic E-state index is 0.294. The zero-order valence-corrected chi connectivity index (χ0v) is 15.3. The predicted octanol–water partition coefficient (Wildman–Crippen LogP) is 3.27. The van der Waals surface area contributed by atoms with E-state index in [1.807, 2.05) is 24.3 Å². The lowest BCUT2D eigenvalue weighted by Crippen LogP contribution is -2.13. The summed E-state index contributed by atoms with van der Waals surface area (Å²) in [5.41, 5.74) is 1.94. The Bertz CT molecular complexity index is 972. The molecule has 0 radical (unpaired) electrons. The molecular weight excluding hydrogens is 360 g/mol. The van der Waals surface area contributed by atoms with Crippen LogP contribution in [-0.2, 0) is 4.74 Å². The highest BCUT2D eigenvalue weighted by Crippen LogP contribution is 2.25. The lowest BCUT2D eigenvalue weighted by atomic mass is 10.2. The van der Waals surface area contributed by atoms with Crippen molar-refractivity contribution in [3.63, 3.8) is 0 Å². The first kappa shape index (κ1) is 18.8. The molecule has 3 aromatic rings. The first-order valence-electron chi connectivity index (χ1n) is 8.32. The minimum Gasteiger partial charge on any atom is -0.495 e. The molecule has 1 amide bonds. The van der Waals surface area contributed by atoms with Gasteiger partial charge in [-0.05, 0) is 36.4 Å². The van der Waals surface area contributed by atoms with Crippen molar-refractivity contribution < 1.29 is 19.1 Å². The van der Waals surface area contributed by atoms with Crippen molar-refractivity contribution in [3.05, 3.63) is 72.1 Å². The van der Waals surface area contributed by atoms with E-state index in [1.54, 1.807) is 31.4 Å². The van der Waals surface area contributed by atoms with Crippen molar-refractivity contribution in [3.8, 4) is 5.75 Å². The van der Waals surface area contributed by atoms with Crippen molar-refractivity contribution >= 4 is 29.2 Å². The summed E-state index contributed by atoms with van der Waals surface area (Å²) in [6, 6.07) is 13.7. The topological polar surface area (TPSA) is 102 Å². The molecule has 0 aliphatic rings. The standard InChI is InChI=1S/C20H18N4O4/c1-27-17-6-4-3-5-16(17)24-20-21-11-14(12-22-20)18(25)23-15-9-7-13(8-10-15)19(26)28-2/h3-12H,1-2H3,(H,23,25)(H,21,22,24). The van der Waals surface area contributed by atoms with Crippen LogP contribution in [0.3, 0.4) is 0 Å². The van der Waals surface area contributed by atoms with E-state index in [0.29, 0.717) is 34.2 Å². The van der Waals surface area contributed by atoms with E-state index < -0.39 is 5.97 Å². The number of para-hydroxylation sites is 2. The number of ether oxygens (including phenoxy) is 2. The lowest BCUT2D eigenvalue weighted by Gasteiger charge is -2.10. The number of nitrogens with one attached hydrogen (secondary N) is 2. The summed E-state index contributed by atoms with van der Waals surface area (Å²) in [6.07, 6.45) is 2.84. The predicted molar refractivity (Wildman–Crippen MR) is 104 cm³/mol. The summed E-state index contributed by atoms with van der Waals surface area (Å²) in [5.74, 6) is 0.186. The van der Waals surface area contributed by atoms with Gasteiger partial charge in [0, 0.05) is 18.1 Å². The minimum atomic E-state index is -0.440. The fourth-order valence-electron chi connectivity index (χ4n) is 2.39. The van der Waals surface area contributed by atoms with Crippen LogP contribution in [-0.4, -0.2) is 36.1 Å². The van der Waals surface area contributed by atoms with Crippen LogP contribution in [0.2, 0.25) is 0 Å². The number of carbonyl (C=O) groups excluding carboxylic acids is 2. The Balaban J connectivity index is 1.66. The van der Waals surface area contributed by atoms with E-state index in [2.05, 4.69) is 25.3 Å². The zero-order chi connectivity index (χ0) is 19.9. The van der Waals surface area contributed by atoms with Gasteiger partial charge in [0.1, 0.15) is 5.75 Å². The van der Waals surface area contributed by atoms with Gasteiger partial charge in [-0.3, -0.25) is 4.79 Å². The number of rotatable bonds is 6. The normalized spacial score (nSPS) is 10.1. The molecule has 0 aliphatic carbocycles. The maximum Gasteiger partial charge on any atom is 0.337 e. The van der Waals surface area contributed by atoms with Gasteiger partial charge >= 0.3 is 5.97 Å². The van der Waals surface area contributed by atoms with Crippen LogP contribution >= 0.6 is 0 Å². The van der Waals surface area contributed by atoms with E-state index in [1.165, 1.54) is 19.5 Å². The third-order valence-electron chi connectivity index (χ3n) is 3.83. The number of methoxy groups -OCH3 is 2. The summed E-state index contributed by atoms with van der Waals surface area (Å²) in [5, 5.41) is 5.76. The third kappa shape index (κ3) is 4.42. The van der Waals surface area contributed by atoms with Crippen molar-refractivity contribution in [2.24, 2.45) is 0 Å². The zero-order valence-electron chi connectivity index (χ0n) is 15.3. The summed E-state index contributed by atoms with van der Waals surface area (Å²) in [4.78, 5) is 32.1. The molecule has 8 heteroatoms. The van der Waals surface area contributed by atoms with Crippen LogP contribution in [0.5, 0.6) is 5.75 Å². The third-order valence-corrected chi connectivity index (χ3v) is 3.83. The number of esters is 1. The highest BCUT2D eigenvalue weighted by atomic mass is 16.5. The highest BCUT2D eigenvalue weighted by Gasteiger charge is 2.10. The molecule has 0 bridgehead atoms. The SMILES string of the molecule is COC(=O)c1ccc(NC(=O)c2cnc(Nc3ccccc3OC)nc2)cc1. The molecule has 2 aromatic carbocycles. The van der Waals surface area contributed by atoms with Gasteiger partial charge in [0.15, 0.2) is 0 Å². The van der Waals surface area contributed by atoms with E-state index in [0.717, 1.165) is 0 Å². The average Bonchev–Trinajstić information content (AvgIpc) is 2.74. The van der Waals surface area contributed by atoms with Crippen molar-refractivity contribution in [2.75, 3.05) is 24.9 Å². The number of amides is 1. The van der Waals surface area contributed by atoms with E-state index in [-0.39, 0.29) is 5.91 Å². The molecule has 0 unspecified atom stereocenters. The molecule has 0 fully saturated rings. The van der Waals surface area contributed by atoms with Crippen LogP contribution in [0, 0.1) is 0 Å². The highest BCUT2D eigenvalue weighted by molar-refractivity contribution is 6.04. The number of carbonyl (C=O) groups is 2. The van der Waals surface area contributed by atoms with Crippen LogP contribution in [0.1, 0.15) is 20.7 Å². The monoisotopic (exact) mass is 378 g/mol. The Morgan fingerprint density at radius 3 is 2.21 bits per heavy atom. The van der Waals surface area contributed by atoms with Gasteiger partial charge in [-0.25, -0.2) is 14.8 Å². The number of hydrogen-bond donors (Lipinski definition) is 2. The van der Waals surface area contributed by atoms with Gasteiger partial charge in [-0.2, -0.15) is 0 Å². The van der Waals surface area contributed by atoms with Crippen LogP contribution in [0.4, 0.5) is 17.3 Å². The van der Waals surface area contributed by atoms with Gasteiger partial charge in [0.2, 0.25) is 5.95 Å². The molecule has 0 aliphatic heterocycles. The Labute approximate surface area is 161 Å². The Morgan fingerprint density at radius 1 is 0.893 bits per heavy atom. The average molecular weight is 378 g/mol. The second-order valence-electron chi connectivity index (χ2n) is 5.64. The molecule has 3 rings (SSSR count). The van der Waals surface area contributed by atoms with Gasteiger partial charge in [-0.15, -0.1) is 0 Å². The summed E-state index contributed by atoms with van der Waals surface area (Å²) >= 11 is 0. The first-order valence-corrected chi connectivity index (χ1v) is 8.32. The van der Waals surface area contributed by atoms with Crippen molar-refractivity contribution in [1.29, 1.82) is 0 Å². The lowest BCUT2D eigenvalue weighted by molar-refractivity contribution is 0.0600. The Kier molecular flexibility index (Phi) is 5.81. The Hall–Kier alpha value is -3.94. The van der Waals surface area contributed by atoms with Crippen molar-refractivity contribution in [1.82, 2.24) is 9.97 Å². The summed E-state index contributed by atoms with van der Waals surface area (Å²) in [7, 11) is 2.89. The molecule has 0 spiro atoms. The Morgan fingerprint density at radius 2 is 1.57 bits per heavy atom. The molecular formula is C20H18N4O4. The molecule has 8 nitrogen and oxygen atoms in total. The van der Waals surface area contributed by atoms with Gasteiger partial charge in [-0.1, -0.05) is 12.1 Å². The fraction of sp³-hybridized carbons (Fsp3) is 0.100. The quantitative estimate of drug-likeness (QED) is 0.635. The largest absolute Gasteiger partial charge is 0.495 e. The van der Waals surface area contributed by atoms with Crippen molar-refractivity contribution in [2.45, 2.75) is 0 Å². The molecule has 0 atom stereocenters. The molecule has 28 heavy (non-hydrogen) atoms.